The molecule has 0 radical (unpaired) electrons. The molecular formula is C30H21F4N3O3. The Morgan fingerprint density at radius 3 is 2.48 bits per heavy atom. The van der Waals surface area contributed by atoms with Gasteiger partial charge in [-0.25, -0.2) is 9.37 Å². The van der Waals surface area contributed by atoms with Gasteiger partial charge in [0.15, 0.2) is 17.3 Å². The van der Waals surface area contributed by atoms with Crippen LogP contribution in [0.1, 0.15) is 16.7 Å². The Morgan fingerprint density at radius 1 is 0.925 bits per heavy atom. The van der Waals surface area contributed by atoms with Crippen LogP contribution < -0.4 is 15.0 Å². The first-order chi connectivity index (χ1) is 19.2. The Hall–Kier alpha value is -4.99. The van der Waals surface area contributed by atoms with E-state index in [0.29, 0.717) is 28.1 Å². The number of alkyl halides is 3. The Kier molecular flexibility index (Phi) is 7.33. The number of hydrogen-bond acceptors (Lipinski definition) is 5. The molecule has 1 aromatic heterocycles. The summed E-state index contributed by atoms with van der Waals surface area (Å²) < 4.78 is 66.3. The topological polar surface area (TPSA) is 65.7 Å². The van der Waals surface area contributed by atoms with Crippen molar-refractivity contribution in [1.82, 2.24) is 9.66 Å². The molecule has 6 nitrogen and oxygen atoms in total. The minimum Gasteiger partial charge on any atom is -0.493 e. The molecule has 0 N–H and O–H groups in total. The van der Waals surface area contributed by atoms with Crippen LogP contribution in [0.2, 0.25) is 0 Å². The first-order valence-electron chi connectivity index (χ1n) is 12.0. The fourth-order valence-corrected chi connectivity index (χ4v) is 4.03. The maximum Gasteiger partial charge on any atom is 0.416 e. The van der Waals surface area contributed by atoms with Crippen molar-refractivity contribution in [2.75, 3.05) is 7.11 Å². The number of nitrogens with zero attached hydrogens (tertiary/aromatic N) is 3. The highest BCUT2D eigenvalue weighted by Crippen LogP contribution is 2.32. The van der Waals surface area contributed by atoms with Crippen molar-refractivity contribution in [3.8, 4) is 22.9 Å². The van der Waals surface area contributed by atoms with E-state index in [4.69, 9.17) is 9.47 Å². The molecule has 5 aromatic rings. The lowest BCUT2D eigenvalue weighted by Gasteiger charge is -2.13. The zero-order valence-corrected chi connectivity index (χ0v) is 21.0. The van der Waals surface area contributed by atoms with E-state index in [9.17, 15) is 22.4 Å². The molecule has 0 saturated carbocycles. The summed E-state index contributed by atoms with van der Waals surface area (Å²) in [4.78, 5) is 17.8. The summed E-state index contributed by atoms with van der Waals surface area (Å²) in [7, 11) is 1.44. The van der Waals surface area contributed by atoms with Crippen molar-refractivity contribution >= 4 is 17.1 Å². The van der Waals surface area contributed by atoms with Gasteiger partial charge in [0.2, 0.25) is 0 Å². The van der Waals surface area contributed by atoms with Crippen LogP contribution in [0.15, 0.2) is 101 Å². The van der Waals surface area contributed by atoms with Gasteiger partial charge in [0, 0.05) is 11.1 Å². The summed E-state index contributed by atoms with van der Waals surface area (Å²) in [6.07, 6.45) is -3.22. The van der Waals surface area contributed by atoms with Crippen molar-refractivity contribution in [2.24, 2.45) is 5.10 Å². The van der Waals surface area contributed by atoms with Gasteiger partial charge in [-0.2, -0.15) is 22.9 Å². The molecule has 0 saturated heterocycles. The van der Waals surface area contributed by atoms with Crippen LogP contribution >= 0.6 is 0 Å². The van der Waals surface area contributed by atoms with E-state index >= 15 is 0 Å². The van der Waals surface area contributed by atoms with Crippen molar-refractivity contribution in [1.29, 1.82) is 0 Å². The van der Waals surface area contributed by atoms with Crippen molar-refractivity contribution in [3.05, 3.63) is 124 Å². The van der Waals surface area contributed by atoms with Crippen LogP contribution in [0.25, 0.3) is 22.3 Å². The third-order valence-corrected chi connectivity index (χ3v) is 6.05. The highest BCUT2D eigenvalue weighted by Gasteiger charge is 2.31. The number of benzene rings is 4. The normalized spacial score (nSPS) is 11.7. The molecule has 0 aliphatic rings. The first kappa shape index (κ1) is 26.6. The number of aromatic nitrogens is 2. The molecule has 0 fully saturated rings. The summed E-state index contributed by atoms with van der Waals surface area (Å²) in [6.45, 7) is -0.0189. The largest absolute Gasteiger partial charge is 0.493 e. The van der Waals surface area contributed by atoms with Crippen molar-refractivity contribution < 1.29 is 27.0 Å². The molecule has 0 aliphatic heterocycles. The van der Waals surface area contributed by atoms with Gasteiger partial charge in [0.1, 0.15) is 12.4 Å². The Morgan fingerprint density at radius 2 is 1.70 bits per heavy atom. The number of para-hydroxylation sites is 1. The highest BCUT2D eigenvalue weighted by atomic mass is 19.4. The van der Waals surface area contributed by atoms with Gasteiger partial charge in [-0.3, -0.25) is 4.79 Å². The molecule has 0 bridgehead atoms. The third kappa shape index (κ3) is 5.56. The number of ether oxygens (including phenoxy) is 2. The molecule has 0 atom stereocenters. The standard InChI is InChI=1S/C30H21F4N3O3/c1-39-27-15-19(13-14-26(27)40-18-21-7-2-4-11-24(21)31)17-35-37-28(20-8-6-9-22(16-20)30(32,33)34)36-25-12-5-3-10-23(25)29(37)38/h2-17H,18H2,1H3. The average molecular weight is 548 g/mol. The molecule has 4 aromatic carbocycles. The monoisotopic (exact) mass is 547 g/mol. The lowest BCUT2D eigenvalue weighted by molar-refractivity contribution is -0.137. The van der Waals surface area contributed by atoms with E-state index in [1.54, 1.807) is 60.7 Å². The quantitative estimate of drug-likeness (QED) is 0.168. The van der Waals surface area contributed by atoms with Gasteiger partial charge in [0.25, 0.3) is 5.56 Å². The number of methoxy groups -OCH3 is 1. The minimum absolute atomic E-state index is 0.0189. The molecular weight excluding hydrogens is 526 g/mol. The van der Waals surface area contributed by atoms with Gasteiger partial charge in [-0.05, 0) is 54.1 Å². The van der Waals surface area contributed by atoms with Crippen LogP contribution in [0.4, 0.5) is 17.6 Å². The average Bonchev–Trinajstić information content (AvgIpc) is 2.96. The predicted octanol–water partition coefficient (Wildman–Crippen LogP) is 6.69. The van der Waals surface area contributed by atoms with Gasteiger partial charge in [-0.1, -0.05) is 42.5 Å². The molecule has 0 spiro atoms. The SMILES string of the molecule is COc1cc(C=Nn2c(-c3cccc(C(F)(F)F)c3)nc3ccccc3c2=O)ccc1OCc1ccccc1F. The lowest BCUT2D eigenvalue weighted by atomic mass is 10.1. The highest BCUT2D eigenvalue weighted by molar-refractivity contribution is 5.82. The summed E-state index contributed by atoms with van der Waals surface area (Å²) in [5.41, 5.74) is -0.149. The molecule has 0 aliphatic carbocycles. The summed E-state index contributed by atoms with van der Waals surface area (Å²) in [6, 6.07) is 22.2. The van der Waals surface area contributed by atoms with Gasteiger partial charge in [-0.15, -0.1) is 0 Å². The van der Waals surface area contributed by atoms with E-state index in [1.165, 1.54) is 31.5 Å². The van der Waals surface area contributed by atoms with Crippen molar-refractivity contribution in [2.45, 2.75) is 12.8 Å². The molecule has 40 heavy (non-hydrogen) atoms. The Bertz CT molecular complexity index is 1780. The molecule has 0 amide bonds. The predicted molar refractivity (Wildman–Crippen MR) is 143 cm³/mol. The summed E-state index contributed by atoms with van der Waals surface area (Å²) >= 11 is 0. The third-order valence-electron chi connectivity index (χ3n) is 6.05. The molecule has 0 unspecified atom stereocenters. The minimum atomic E-state index is -4.58. The van der Waals surface area contributed by atoms with Gasteiger partial charge >= 0.3 is 6.18 Å². The zero-order valence-electron chi connectivity index (χ0n) is 21.0. The Balaban J connectivity index is 1.52. The smallest absolute Gasteiger partial charge is 0.416 e. The van der Waals surface area contributed by atoms with Crippen LogP contribution in [0, 0.1) is 5.82 Å². The van der Waals surface area contributed by atoms with Gasteiger partial charge < -0.3 is 9.47 Å². The maximum absolute atomic E-state index is 13.9. The fourth-order valence-electron chi connectivity index (χ4n) is 4.03. The molecule has 202 valence electrons. The Labute approximate surface area is 225 Å². The van der Waals surface area contributed by atoms with E-state index in [0.717, 1.165) is 16.8 Å². The lowest BCUT2D eigenvalue weighted by Crippen LogP contribution is -2.20. The van der Waals surface area contributed by atoms with Crippen molar-refractivity contribution in [3.63, 3.8) is 0 Å². The van der Waals surface area contributed by atoms with Crippen LogP contribution in [-0.4, -0.2) is 23.0 Å². The number of halogens is 4. The second kappa shape index (κ2) is 11.0. The number of rotatable bonds is 7. The van der Waals surface area contributed by atoms with Crippen LogP contribution in [-0.2, 0) is 12.8 Å². The second-order valence-corrected chi connectivity index (χ2v) is 8.68. The molecule has 1 heterocycles. The van der Waals surface area contributed by atoms with E-state index < -0.39 is 23.1 Å². The summed E-state index contributed by atoms with van der Waals surface area (Å²) in [5, 5.41) is 4.55. The maximum atomic E-state index is 13.9. The molecule has 5 rings (SSSR count). The van der Waals surface area contributed by atoms with Gasteiger partial charge in [0.05, 0.1) is 29.8 Å². The second-order valence-electron chi connectivity index (χ2n) is 8.68. The van der Waals surface area contributed by atoms with E-state index in [2.05, 4.69) is 10.1 Å². The van der Waals surface area contributed by atoms with E-state index in [-0.39, 0.29) is 23.4 Å². The fraction of sp³-hybridized carbons (Fsp3) is 0.100. The van der Waals surface area contributed by atoms with E-state index in [1.807, 2.05) is 0 Å². The number of hydrogen-bond donors (Lipinski definition) is 0. The van der Waals surface area contributed by atoms with Crippen LogP contribution in [0.3, 0.4) is 0 Å². The van der Waals surface area contributed by atoms with Crippen LogP contribution in [0.5, 0.6) is 11.5 Å². The number of fused-ring (bicyclic) bond motifs is 1. The molecule has 10 heteroatoms. The first-order valence-corrected chi connectivity index (χ1v) is 12.0. The summed E-state index contributed by atoms with van der Waals surface area (Å²) in [5.74, 6) is 0.249. The zero-order chi connectivity index (χ0) is 28.3.